The van der Waals surface area contributed by atoms with Crippen molar-refractivity contribution in [3.05, 3.63) is 56.2 Å². The fourth-order valence-corrected chi connectivity index (χ4v) is 3.58. The number of nitrogens with one attached hydrogen (secondary N) is 1. The maximum absolute atomic E-state index is 12.2. The minimum absolute atomic E-state index is 0.0254. The van der Waals surface area contributed by atoms with Crippen LogP contribution in [0.5, 0.6) is 0 Å². The second-order valence-electron chi connectivity index (χ2n) is 5.59. The van der Waals surface area contributed by atoms with E-state index in [1.165, 1.54) is 0 Å². The van der Waals surface area contributed by atoms with Gasteiger partial charge in [0.15, 0.2) is 5.78 Å². The zero-order valence-corrected chi connectivity index (χ0v) is 15.1. The zero-order chi connectivity index (χ0) is 17.0. The molecular formula is C18H20ClNO2S. The summed E-state index contributed by atoms with van der Waals surface area (Å²) in [5, 5.41) is 3.54. The van der Waals surface area contributed by atoms with Gasteiger partial charge in [0.25, 0.3) is 0 Å². The molecule has 0 bridgehead atoms. The molecule has 1 atom stereocenters. The fourth-order valence-electron chi connectivity index (χ4n) is 2.44. The molecule has 0 radical (unpaired) electrons. The lowest BCUT2D eigenvalue weighted by molar-refractivity contribution is -0.121. The van der Waals surface area contributed by atoms with E-state index in [2.05, 4.69) is 5.32 Å². The predicted octanol–water partition coefficient (Wildman–Crippen LogP) is 4.86. The number of ketones is 1. The molecule has 0 aliphatic rings. The molecular weight excluding hydrogens is 330 g/mol. The van der Waals surface area contributed by atoms with E-state index >= 15 is 0 Å². The topological polar surface area (TPSA) is 46.2 Å². The van der Waals surface area contributed by atoms with Crippen LogP contribution in [0.3, 0.4) is 0 Å². The average molecular weight is 350 g/mol. The van der Waals surface area contributed by atoms with Crippen molar-refractivity contribution in [1.82, 2.24) is 5.32 Å². The molecule has 2 aromatic rings. The summed E-state index contributed by atoms with van der Waals surface area (Å²) in [5.41, 5.74) is 1.68. The Labute approximate surface area is 145 Å². The Hall–Kier alpha value is -1.65. The van der Waals surface area contributed by atoms with Gasteiger partial charge in [-0.05, 0) is 44.5 Å². The summed E-state index contributed by atoms with van der Waals surface area (Å²) in [6.45, 7) is 5.82. The summed E-state index contributed by atoms with van der Waals surface area (Å²) in [7, 11) is 0. The first kappa shape index (κ1) is 17.7. The summed E-state index contributed by atoms with van der Waals surface area (Å²) in [6, 6.07) is 9.15. The third-order valence-electron chi connectivity index (χ3n) is 3.65. The molecule has 23 heavy (non-hydrogen) atoms. The van der Waals surface area contributed by atoms with Crippen molar-refractivity contribution in [2.75, 3.05) is 0 Å². The number of hydrogen-bond acceptors (Lipinski definition) is 3. The van der Waals surface area contributed by atoms with E-state index in [1.807, 2.05) is 45.0 Å². The Morgan fingerprint density at radius 2 is 1.96 bits per heavy atom. The third kappa shape index (κ3) is 4.91. The van der Waals surface area contributed by atoms with Crippen molar-refractivity contribution < 1.29 is 9.59 Å². The maximum atomic E-state index is 12.2. The van der Waals surface area contributed by atoms with E-state index in [9.17, 15) is 9.59 Å². The first-order valence-corrected chi connectivity index (χ1v) is 8.71. The highest BCUT2D eigenvalue weighted by Crippen LogP contribution is 2.22. The van der Waals surface area contributed by atoms with Crippen molar-refractivity contribution in [3.8, 4) is 0 Å². The molecule has 0 saturated heterocycles. The molecule has 122 valence electrons. The summed E-state index contributed by atoms with van der Waals surface area (Å²) >= 11 is 7.56. The van der Waals surface area contributed by atoms with E-state index in [4.69, 9.17) is 11.6 Å². The molecule has 1 aromatic carbocycles. The van der Waals surface area contributed by atoms with Crippen LogP contribution in [0.2, 0.25) is 5.02 Å². The van der Waals surface area contributed by atoms with E-state index in [-0.39, 0.29) is 30.6 Å². The number of amides is 1. The van der Waals surface area contributed by atoms with Gasteiger partial charge in [-0.3, -0.25) is 9.59 Å². The van der Waals surface area contributed by atoms with E-state index in [1.54, 1.807) is 17.4 Å². The molecule has 1 heterocycles. The molecule has 2 rings (SSSR count). The molecule has 5 heteroatoms. The molecule has 0 aliphatic heterocycles. The van der Waals surface area contributed by atoms with Gasteiger partial charge in [0.2, 0.25) is 5.91 Å². The van der Waals surface area contributed by atoms with Gasteiger partial charge in [0, 0.05) is 33.2 Å². The fraction of sp³-hybridized carbons (Fsp3) is 0.333. The molecule has 1 N–H and O–H groups in total. The molecule has 0 spiro atoms. The van der Waals surface area contributed by atoms with E-state index in [0.29, 0.717) is 5.02 Å². The minimum atomic E-state index is -0.138. The number of Topliss-reactive ketones (excluding diaryl/α,β-unsaturated/α-hetero) is 1. The summed E-state index contributed by atoms with van der Waals surface area (Å²) in [6.07, 6.45) is 0.420. The lowest BCUT2D eigenvalue weighted by atomic mass is 10.1. The van der Waals surface area contributed by atoms with Gasteiger partial charge in [-0.15, -0.1) is 11.3 Å². The summed E-state index contributed by atoms with van der Waals surface area (Å²) < 4.78 is 0. The normalized spacial score (nSPS) is 12.0. The molecule has 1 unspecified atom stereocenters. The van der Waals surface area contributed by atoms with Gasteiger partial charge in [-0.2, -0.15) is 0 Å². The molecule has 1 aromatic heterocycles. The van der Waals surface area contributed by atoms with Gasteiger partial charge >= 0.3 is 0 Å². The van der Waals surface area contributed by atoms with Crippen LogP contribution < -0.4 is 5.32 Å². The Bertz CT molecular complexity index is 724. The number of carbonyl (C=O) groups excluding carboxylic acids is 2. The van der Waals surface area contributed by atoms with Crippen molar-refractivity contribution in [3.63, 3.8) is 0 Å². The predicted molar refractivity (Wildman–Crippen MR) is 95.4 cm³/mol. The lowest BCUT2D eigenvalue weighted by Crippen LogP contribution is -2.27. The van der Waals surface area contributed by atoms with Gasteiger partial charge in [-0.1, -0.05) is 23.7 Å². The maximum Gasteiger partial charge on any atom is 0.220 e. The largest absolute Gasteiger partial charge is 0.350 e. The molecule has 0 fully saturated rings. The standard InChI is InChI=1S/C18H20ClNO2S/c1-11-9-16(13(3)23-11)17(21)7-8-18(22)20-12(2)14-5-4-6-15(19)10-14/h4-6,9-10,12H,7-8H2,1-3H3,(H,20,22). The highest BCUT2D eigenvalue weighted by Gasteiger charge is 2.15. The van der Waals surface area contributed by atoms with Gasteiger partial charge in [0.1, 0.15) is 0 Å². The van der Waals surface area contributed by atoms with Crippen LogP contribution in [-0.2, 0) is 4.79 Å². The van der Waals surface area contributed by atoms with Gasteiger partial charge in [-0.25, -0.2) is 0 Å². The third-order valence-corrected chi connectivity index (χ3v) is 4.85. The van der Waals surface area contributed by atoms with Crippen molar-refractivity contribution >= 4 is 34.6 Å². The van der Waals surface area contributed by atoms with E-state index in [0.717, 1.165) is 20.9 Å². The molecule has 0 saturated carbocycles. The highest BCUT2D eigenvalue weighted by atomic mass is 35.5. The second-order valence-corrected chi connectivity index (χ2v) is 7.49. The van der Waals surface area contributed by atoms with Crippen LogP contribution in [0.4, 0.5) is 0 Å². The highest BCUT2D eigenvalue weighted by molar-refractivity contribution is 7.12. The summed E-state index contributed by atoms with van der Waals surface area (Å²) in [5.74, 6) is -0.104. The van der Waals surface area contributed by atoms with Crippen LogP contribution in [0.1, 0.15) is 51.5 Å². The Morgan fingerprint density at radius 3 is 2.57 bits per heavy atom. The number of aryl methyl sites for hydroxylation is 2. The van der Waals surface area contributed by atoms with Crippen molar-refractivity contribution in [1.29, 1.82) is 0 Å². The van der Waals surface area contributed by atoms with Crippen LogP contribution in [0.15, 0.2) is 30.3 Å². The number of halogens is 1. The van der Waals surface area contributed by atoms with Crippen molar-refractivity contribution in [2.24, 2.45) is 0 Å². The van der Waals surface area contributed by atoms with Gasteiger partial charge < -0.3 is 5.32 Å². The lowest BCUT2D eigenvalue weighted by Gasteiger charge is -2.14. The monoisotopic (exact) mass is 349 g/mol. The molecule has 1 amide bonds. The molecule has 3 nitrogen and oxygen atoms in total. The van der Waals surface area contributed by atoms with Crippen LogP contribution in [0, 0.1) is 13.8 Å². The first-order valence-electron chi connectivity index (χ1n) is 7.52. The van der Waals surface area contributed by atoms with Crippen LogP contribution in [0.25, 0.3) is 0 Å². The minimum Gasteiger partial charge on any atom is -0.350 e. The number of hydrogen-bond donors (Lipinski definition) is 1. The molecule has 0 aliphatic carbocycles. The Morgan fingerprint density at radius 1 is 1.22 bits per heavy atom. The SMILES string of the molecule is Cc1cc(C(=O)CCC(=O)NC(C)c2cccc(Cl)c2)c(C)s1. The average Bonchev–Trinajstić information content (AvgIpc) is 2.83. The smallest absolute Gasteiger partial charge is 0.220 e. The van der Waals surface area contributed by atoms with Crippen LogP contribution >= 0.6 is 22.9 Å². The zero-order valence-electron chi connectivity index (χ0n) is 13.5. The Balaban J connectivity index is 1.87. The summed E-state index contributed by atoms with van der Waals surface area (Å²) in [4.78, 5) is 26.4. The number of benzene rings is 1. The van der Waals surface area contributed by atoms with Gasteiger partial charge in [0.05, 0.1) is 6.04 Å². The second kappa shape index (κ2) is 7.75. The van der Waals surface area contributed by atoms with E-state index < -0.39 is 0 Å². The number of rotatable bonds is 6. The number of thiophene rings is 1. The number of carbonyl (C=O) groups is 2. The Kier molecular flexibility index (Phi) is 5.97. The van der Waals surface area contributed by atoms with Crippen LogP contribution in [-0.4, -0.2) is 11.7 Å². The quantitative estimate of drug-likeness (QED) is 0.757. The van der Waals surface area contributed by atoms with Crippen molar-refractivity contribution in [2.45, 2.75) is 39.7 Å². The first-order chi connectivity index (χ1) is 10.9.